The van der Waals surface area contributed by atoms with Crippen molar-refractivity contribution >= 4 is 46.4 Å². The van der Waals surface area contributed by atoms with Crippen molar-refractivity contribution in [2.45, 2.75) is 39.5 Å². The van der Waals surface area contributed by atoms with Crippen molar-refractivity contribution < 1.29 is 14.3 Å². The summed E-state index contributed by atoms with van der Waals surface area (Å²) in [7, 11) is 0. The van der Waals surface area contributed by atoms with Gasteiger partial charge in [-0.1, -0.05) is 54.6 Å². The van der Waals surface area contributed by atoms with E-state index in [1.807, 2.05) is 0 Å². The lowest BCUT2D eigenvalue weighted by Gasteiger charge is -2.09. The molecule has 1 fully saturated rings. The maximum atomic E-state index is 11.0. The molecule has 0 aromatic carbocycles. The first kappa shape index (κ1) is 28.8. The zero-order valence-electron chi connectivity index (χ0n) is 9.29. The number of ether oxygens (including phenoxy) is 1. The van der Waals surface area contributed by atoms with Crippen molar-refractivity contribution in [3.63, 3.8) is 0 Å². The normalized spacial score (nSPS) is 18.7. The van der Waals surface area contributed by atoms with Gasteiger partial charge in [0.1, 0.15) is 6.61 Å². The number of carbonyl (C=O) groups is 2. The fourth-order valence-corrected chi connectivity index (χ4v) is 5.32. The van der Waals surface area contributed by atoms with E-state index in [0.29, 0.717) is 16.4 Å². The Morgan fingerprint density at radius 1 is 1.19 bits per heavy atom. The highest BCUT2D eigenvalue weighted by Gasteiger charge is 2.27. The molecule has 0 spiro atoms. The Balaban J connectivity index is -0.000000361. The second-order valence-electron chi connectivity index (χ2n) is 3.19. The van der Waals surface area contributed by atoms with Gasteiger partial charge in [-0.05, 0) is 6.08 Å². The van der Waals surface area contributed by atoms with Gasteiger partial charge < -0.3 is 4.74 Å². The van der Waals surface area contributed by atoms with Crippen LogP contribution in [0.25, 0.3) is 0 Å². The molecular formula is C15H30O3S3. The molecule has 126 valence electrons. The average molecular weight is 355 g/mol. The monoisotopic (exact) mass is 354 g/mol. The highest BCUT2D eigenvalue weighted by molar-refractivity contribution is 8.22. The van der Waals surface area contributed by atoms with Crippen LogP contribution in [0.4, 0.5) is 0 Å². The van der Waals surface area contributed by atoms with Crippen LogP contribution in [-0.2, 0) is 14.3 Å². The van der Waals surface area contributed by atoms with Gasteiger partial charge in [0, 0.05) is 22.8 Å². The first-order valence-corrected chi connectivity index (χ1v) is 7.99. The molecule has 0 aromatic rings. The van der Waals surface area contributed by atoms with E-state index < -0.39 is 0 Å². The first-order valence-electron chi connectivity index (χ1n) is 5.01. The minimum atomic E-state index is -0.379. The molecule has 1 heterocycles. The maximum Gasteiger partial charge on any atom is 0.330 e. The van der Waals surface area contributed by atoms with E-state index in [2.05, 4.69) is 13.2 Å². The summed E-state index contributed by atoms with van der Waals surface area (Å²) >= 11 is 4.84. The van der Waals surface area contributed by atoms with Gasteiger partial charge in [-0.25, -0.2) is 4.79 Å². The minimum Gasteiger partial charge on any atom is -0.461 e. The topological polar surface area (TPSA) is 43.4 Å². The Bertz CT molecular complexity index is 289. The second-order valence-corrected chi connectivity index (χ2v) is 7.26. The van der Waals surface area contributed by atoms with Crippen molar-refractivity contribution in [1.29, 1.82) is 0 Å². The van der Waals surface area contributed by atoms with Gasteiger partial charge in [-0.15, -0.1) is 23.5 Å². The molecule has 0 amide bonds. The number of hydrogen-bond acceptors (Lipinski definition) is 6. The molecule has 21 heavy (non-hydrogen) atoms. The van der Waals surface area contributed by atoms with Gasteiger partial charge in [0.15, 0.2) is 0 Å². The smallest absolute Gasteiger partial charge is 0.330 e. The third-order valence-electron chi connectivity index (χ3n) is 1.92. The molecule has 0 N–H and O–H groups in total. The summed E-state index contributed by atoms with van der Waals surface area (Å²) in [6.07, 6.45) is 2.50. The molecule has 3 nitrogen and oxygen atoms in total. The van der Waals surface area contributed by atoms with Gasteiger partial charge in [0.05, 0.1) is 4.58 Å². The number of thioether (sulfide) groups is 3. The van der Waals surface area contributed by atoms with Crippen LogP contribution >= 0.6 is 35.3 Å². The van der Waals surface area contributed by atoms with Crippen LogP contribution in [0.5, 0.6) is 0 Å². The Hall–Kier alpha value is -0.330. The van der Waals surface area contributed by atoms with Crippen LogP contribution in [0.1, 0.15) is 29.7 Å². The van der Waals surface area contributed by atoms with Crippen molar-refractivity contribution in [1.82, 2.24) is 0 Å². The third-order valence-corrected chi connectivity index (χ3v) is 6.54. The first-order chi connectivity index (χ1) is 8.15. The van der Waals surface area contributed by atoms with Crippen molar-refractivity contribution in [2.24, 2.45) is 0 Å². The molecule has 1 saturated heterocycles. The molecule has 0 aromatic heterocycles. The molecule has 1 aliphatic rings. The Morgan fingerprint density at radius 2 is 1.81 bits per heavy atom. The van der Waals surface area contributed by atoms with E-state index in [0.717, 1.165) is 11.5 Å². The van der Waals surface area contributed by atoms with Crippen LogP contribution < -0.4 is 0 Å². The molecule has 1 aliphatic heterocycles. The Kier molecular flexibility index (Phi) is 22.0. The van der Waals surface area contributed by atoms with Gasteiger partial charge in [0.2, 0.25) is 5.12 Å². The largest absolute Gasteiger partial charge is 0.461 e. The van der Waals surface area contributed by atoms with Gasteiger partial charge >= 0.3 is 5.97 Å². The molecule has 0 radical (unpaired) electrons. The molecule has 2 unspecified atom stereocenters. The standard InChI is InChI=1S/C11H14O3S3.4CH4/c1-3-9(12)14-5-8-6-16-11(17-8)7-15-10(13)4-2;;;;/h3-4,8,11H,1-2,5-7H2;4*1H4. The van der Waals surface area contributed by atoms with Crippen LogP contribution in [0.15, 0.2) is 25.3 Å². The van der Waals surface area contributed by atoms with Crippen LogP contribution in [-0.4, -0.2) is 39.0 Å². The third kappa shape index (κ3) is 12.0. The van der Waals surface area contributed by atoms with Crippen molar-refractivity contribution in [3.05, 3.63) is 25.3 Å². The van der Waals surface area contributed by atoms with E-state index in [4.69, 9.17) is 4.74 Å². The Morgan fingerprint density at radius 3 is 2.33 bits per heavy atom. The molecule has 0 saturated carbocycles. The molecule has 0 aliphatic carbocycles. The second kappa shape index (κ2) is 16.0. The zero-order chi connectivity index (χ0) is 12.7. The summed E-state index contributed by atoms with van der Waals surface area (Å²) in [5.41, 5.74) is 0. The van der Waals surface area contributed by atoms with Gasteiger partial charge in [-0.3, -0.25) is 4.79 Å². The lowest BCUT2D eigenvalue weighted by molar-refractivity contribution is -0.137. The summed E-state index contributed by atoms with van der Waals surface area (Å²) in [5.74, 6) is 1.34. The molecule has 6 heteroatoms. The van der Waals surface area contributed by atoms with Crippen LogP contribution in [0.3, 0.4) is 0 Å². The lowest BCUT2D eigenvalue weighted by Crippen LogP contribution is -2.14. The predicted molar refractivity (Wildman–Crippen MR) is 103 cm³/mol. The van der Waals surface area contributed by atoms with Crippen LogP contribution in [0, 0.1) is 0 Å². The summed E-state index contributed by atoms with van der Waals surface area (Å²) < 4.78 is 5.37. The number of esters is 1. The predicted octanol–water partition coefficient (Wildman–Crippen LogP) is 4.88. The van der Waals surface area contributed by atoms with Gasteiger partial charge in [-0.2, -0.15) is 0 Å². The molecule has 2 atom stereocenters. The maximum absolute atomic E-state index is 11.0. The summed E-state index contributed by atoms with van der Waals surface area (Å²) in [4.78, 5) is 21.9. The fraction of sp³-hybridized carbons (Fsp3) is 0.600. The van der Waals surface area contributed by atoms with E-state index in [9.17, 15) is 9.59 Å². The number of carbonyl (C=O) groups excluding carboxylic acids is 2. The number of hydrogen-bond donors (Lipinski definition) is 0. The Labute approximate surface area is 143 Å². The van der Waals surface area contributed by atoms with E-state index in [-0.39, 0.29) is 40.8 Å². The van der Waals surface area contributed by atoms with Crippen LogP contribution in [0.2, 0.25) is 0 Å². The van der Waals surface area contributed by atoms with Crippen molar-refractivity contribution in [3.8, 4) is 0 Å². The summed E-state index contributed by atoms with van der Waals surface area (Å²) in [6, 6.07) is 0. The molecule has 0 bridgehead atoms. The van der Waals surface area contributed by atoms with E-state index >= 15 is 0 Å². The summed E-state index contributed by atoms with van der Waals surface area (Å²) in [6.45, 7) is 7.19. The highest BCUT2D eigenvalue weighted by Crippen LogP contribution is 2.39. The summed E-state index contributed by atoms with van der Waals surface area (Å²) in [5, 5.41) is 0.320. The SMILES string of the molecule is C.C.C.C.C=CC(=O)OCC1CSC(CSC(=O)C=C)S1. The molecule has 1 rings (SSSR count). The molecular weight excluding hydrogens is 324 g/mol. The zero-order valence-corrected chi connectivity index (χ0v) is 11.7. The lowest BCUT2D eigenvalue weighted by atomic mass is 10.5. The average Bonchev–Trinajstić information content (AvgIpc) is 2.80. The number of rotatable bonds is 6. The van der Waals surface area contributed by atoms with Crippen molar-refractivity contribution in [2.75, 3.05) is 18.1 Å². The fourth-order valence-electron chi connectivity index (χ4n) is 1.13. The highest BCUT2D eigenvalue weighted by atomic mass is 32.2. The minimum absolute atomic E-state index is 0. The van der Waals surface area contributed by atoms with E-state index in [1.165, 1.54) is 23.9 Å². The quantitative estimate of drug-likeness (QED) is 0.500. The van der Waals surface area contributed by atoms with E-state index in [1.54, 1.807) is 23.5 Å². The van der Waals surface area contributed by atoms with Gasteiger partial charge in [0.25, 0.3) is 0 Å².